The van der Waals surface area contributed by atoms with Crippen molar-refractivity contribution in [1.82, 2.24) is 4.90 Å². The molecule has 1 saturated carbocycles. The number of benzene rings is 1. The van der Waals surface area contributed by atoms with E-state index in [4.69, 9.17) is 10.5 Å². The van der Waals surface area contributed by atoms with Crippen LogP contribution in [0.4, 0.5) is 4.39 Å². The van der Waals surface area contributed by atoms with E-state index in [0.29, 0.717) is 19.1 Å². The second kappa shape index (κ2) is 8.08. The highest BCUT2D eigenvalue weighted by Crippen LogP contribution is 2.30. The number of carbonyl (C=O) groups is 1. The van der Waals surface area contributed by atoms with E-state index in [1.54, 1.807) is 12.1 Å². The molecule has 128 valence electrons. The molecule has 0 radical (unpaired) electrons. The van der Waals surface area contributed by atoms with Gasteiger partial charge in [0.25, 0.3) is 5.91 Å². The molecule has 2 aliphatic rings. The van der Waals surface area contributed by atoms with E-state index in [1.807, 2.05) is 4.90 Å². The average molecular weight is 343 g/mol. The number of nitrogens with zero attached hydrogens (tertiary/aromatic N) is 1. The van der Waals surface area contributed by atoms with Crippen LogP contribution in [0.2, 0.25) is 0 Å². The standard InChI is InChI=1S/C17H23FN2O2.ClH/c18-13-3-1-12(2-4-13)9-10-20(14-5-6-14)17(21)16-8-7-15(11-19)22-16;/h1-4,14-16H,5-11,19H2;1H/t15-,16+;/m1./s1. The molecule has 23 heavy (non-hydrogen) atoms. The Labute approximate surface area is 142 Å². The van der Waals surface area contributed by atoms with Gasteiger partial charge >= 0.3 is 0 Å². The summed E-state index contributed by atoms with van der Waals surface area (Å²) in [4.78, 5) is 14.6. The van der Waals surface area contributed by atoms with Gasteiger partial charge in [0.2, 0.25) is 0 Å². The van der Waals surface area contributed by atoms with Gasteiger partial charge in [-0.1, -0.05) is 12.1 Å². The molecule has 0 aromatic heterocycles. The molecule has 2 fully saturated rings. The lowest BCUT2D eigenvalue weighted by Gasteiger charge is -2.25. The van der Waals surface area contributed by atoms with Gasteiger partial charge < -0.3 is 15.4 Å². The molecule has 6 heteroatoms. The van der Waals surface area contributed by atoms with Crippen LogP contribution in [0.1, 0.15) is 31.2 Å². The van der Waals surface area contributed by atoms with E-state index < -0.39 is 0 Å². The summed E-state index contributed by atoms with van der Waals surface area (Å²) in [6.07, 6.45) is 4.21. The molecule has 1 amide bonds. The lowest BCUT2D eigenvalue weighted by atomic mass is 10.1. The van der Waals surface area contributed by atoms with Gasteiger partial charge in [-0.2, -0.15) is 0 Å². The number of nitrogens with two attached hydrogens (primary N) is 1. The number of ether oxygens (including phenoxy) is 1. The van der Waals surface area contributed by atoms with Crippen LogP contribution in [0.3, 0.4) is 0 Å². The first kappa shape index (κ1) is 18.2. The molecule has 1 aromatic carbocycles. The van der Waals surface area contributed by atoms with Crippen LogP contribution in [0, 0.1) is 5.82 Å². The summed E-state index contributed by atoms with van der Waals surface area (Å²) in [7, 11) is 0. The fourth-order valence-corrected chi connectivity index (χ4v) is 3.01. The molecule has 1 aromatic rings. The van der Waals surface area contributed by atoms with Crippen LogP contribution in [0.5, 0.6) is 0 Å². The summed E-state index contributed by atoms with van der Waals surface area (Å²) in [6, 6.07) is 6.84. The van der Waals surface area contributed by atoms with Crippen LogP contribution in [0.25, 0.3) is 0 Å². The van der Waals surface area contributed by atoms with E-state index in [0.717, 1.165) is 37.7 Å². The van der Waals surface area contributed by atoms with Crippen molar-refractivity contribution in [2.45, 2.75) is 50.4 Å². The summed E-state index contributed by atoms with van der Waals surface area (Å²) in [6.45, 7) is 1.14. The Morgan fingerprint density at radius 1 is 1.22 bits per heavy atom. The van der Waals surface area contributed by atoms with Gasteiger partial charge in [0, 0.05) is 19.1 Å². The SMILES string of the molecule is Cl.NC[C@H]1CC[C@@H](C(=O)N(CCc2ccc(F)cc2)C2CC2)O1. The maximum Gasteiger partial charge on any atom is 0.251 e. The molecule has 2 atom stereocenters. The monoisotopic (exact) mass is 342 g/mol. The molecule has 0 unspecified atom stereocenters. The molecular weight excluding hydrogens is 319 g/mol. The maximum atomic E-state index is 12.9. The normalized spacial score (nSPS) is 23.4. The first-order valence-electron chi connectivity index (χ1n) is 8.08. The molecule has 1 aliphatic heterocycles. The second-order valence-electron chi connectivity index (χ2n) is 6.20. The Morgan fingerprint density at radius 2 is 1.91 bits per heavy atom. The third-order valence-electron chi connectivity index (χ3n) is 4.47. The Morgan fingerprint density at radius 3 is 2.48 bits per heavy atom. The molecule has 2 N–H and O–H groups in total. The minimum atomic E-state index is -0.331. The zero-order valence-electron chi connectivity index (χ0n) is 13.1. The fourth-order valence-electron chi connectivity index (χ4n) is 3.01. The third kappa shape index (κ3) is 4.66. The first-order chi connectivity index (χ1) is 10.7. The van der Waals surface area contributed by atoms with E-state index >= 15 is 0 Å². The second-order valence-corrected chi connectivity index (χ2v) is 6.20. The zero-order valence-corrected chi connectivity index (χ0v) is 13.9. The van der Waals surface area contributed by atoms with Crippen LogP contribution in [-0.4, -0.2) is 42.1 Å². The van der Waals surface area contributed by atoms with E-state index in [9.17, 15) is 9.18 Å². The summed E-state index contributed by atoms with van der Waals surface area (Å²) >= 11 is 0. The predicted octanol–water partition coefficient (Wildman–Crippen LogP) is 2.29. The topological polar surface area (TPSA) is 55.6 Å². The van der Waals surface area contributed by atoms with Crippen molar-refractivity contribution in [3.8, 4) is 0 Å². The number of amides is 1. The first-order valence-corrected chi connectivity index (χ1v) is 8.08. The predicted molar refractivity (Wildman–Crippen MR) is 89.0 cm³/mol. The fraction of sp³-hybridized carbons (Fsp3) is 0.588. The van der Waals surface area contributed by atoms with Gasteiger partial charge in [-0.25, -0.2) is 4.39 Å². The van der Waals surface area contributed by atoms with E-state index in [1.165, 1.54) is 12.1 Å². The summed E-state index contributed by atoms with van der Waals surface area (Å²) in [5, 5.41) is 0. The molecule has 1 saturated heterocycles. The van der Waals surface area contributed by atoms with Crippen molar-refractivity contribution in [2.75, 3.05) is 13.1 Å². The lowest BCUT2D eigenvalue weighted by molar-refractivity contribution is -0.143. The lowest BCUT2D eigenvalue weighted by Crippen LogP contribution is -2.42. The Balaban J connectivity index is 0.00000192. The average Bonchev–Trinajstić information content (AvgIpc) is 3.25. The number of hydrogen-bond donors (Lipinski definition) is 1. The van der Waals surface area contributed by atoms with Crippen LogP contribution in [0.15, 0.2) is 24.3 Å². The maximum absolute atomic E-state index is 12.9. The van der Waals surface area contributed by atoms with E-state index in [-0.39, 0.29) is 36.3 Å². The minimum Gasteiger partial charge on any atom is -0.364 e. The molecule has 0 bridgehead atoms. The van der Waals surface area contributed by atoms with Crippen LogP contribution >= 0.6 is 12.4 Å². The van der Waals surface area contributed by atoms with E-state index in [2.05, 4.69) is 0 Å². The molecule has 4 nitrogen and oxygen atoms in total. The van der Waals surface area contributed by atoms with Crippen molar-refractivity contribution < 1.29 is 13.9 Å². The Hall–Kier alpha value is -1.17. The minimum absolute atomic E-state index is 0. The van der Waals surface area contributed by atoms with Gasteiger partial charge in [0.05, 0.1) is 6.10 Å². The van der Waals surface area contributed by atoms with Crippen molar-refractivity contribution in [2.24, 2.45) is 5.73 Å². The van der Waals surface area contributed by atoms with Crippen LogP contribution < -0.4 is 5.73 Å². The van der Waals surface area contributed by atoms with Crippen molar-refractivity contribution >= 4 is 18.3 Å². The molecular formula is C17H24ClFN2O2. The molecule has 1 aliphatic carbocycles. The highest BCUT2D eigenvalue weighted by molar-refractivity contribution is 5.85. The van der Waals surface area contributed by atoms with Gasteiger partial charge in [-0.05, 0) is 49.8 Å². The van der Waals surface area contributed by atoms with Gasteiger partial charge in [-0.3, -0.25) is 4.79 Å². The van der Waals surface area contributed by atoms with Gasteiger partial charge in [0.1, 0.15) is 11.9 Å². The van der Waals surface area contributed by atoms with Crippen molar-refractivity contribution in [3.05, 3.63) is 35.6 Å². The summed E-state index contributed by atoms with van der Waals surface area (Å²) in [5.41, 5.74) is 6.66. The van der Waals surface area contributed by atoms with Crippen molar-refractivity contribution in [1.29, 1.82) is 0 Å². The summed E-state index contributed by atoms with van der Waals surface area (Å²) in [5.74, 6) is -0.133. The highest BCUT2D eigenvalue weighted by Gasteiger charge is 2.38. The van der Waals surface area contributed by atoms with Crippen molar-refractivity contribution in [3.63, 3.8) is 0 Å². The van der Waals surface area contributed by atoms with Gasteiger partial charge in [0.15, 0.2) is 0 Å². The molecule has 0 spiro atoms. The Kier molecular flexibility index (Phi) is 6.39. The number of rotatable bonds is 6. The number of hydrogen-bond acceptors (Lipinski definition) is 3. The Bertz CT molecular complexity index is 522. The highest BCUT2D eigenvalue weighted by atomic mass is 35.5. The third-order valence-corrected chi connectivity index (χ3v) is 4.47. The molecule has 3 rings (SSSR count). The zero-order chi connectivity index (χ0) is 15.5. The number of halogens is 2. The van der Waals surface area contributed by atoms with Crippen LogP contribution in [-0.2, 0) is 16.0 Å². The summed E-state index contributed by atoms with van der Waals surface area (Å²) < 4.78 is 18.7. The quantitative estimate of drug-likeness (QED) is 0.863. The molecule has 1 heterocycles. The smallest absolute Gasteiger partial charge is 0.251 e. The largest absolute Gasteiger partial charge is 0.364 e. The number of carbonyl (C=O) groups excluding carboxylic acids is 1. The van der Waals surface area contributed by atoms with Gasteiger partial charge in [-0.15, -0.1) is 12.4 Å².